The Morgan fingerprint density at radius 1 is 1.19 bits per heavy atom. The van der Waals surface area contributed by atoms with Crippen molar-refractivity contribution in [3.05, 3.63) is 60.5 Å². The van der Waals surface area contributed by atoms with E-state index in [4.69, 9.17) is 4.52 Å². The van der Waals surface area contributed by atoms with Gasteiger partial charge in [-0.15, -0.1) is 0 Å². The molecular weight excluding hydrogens is 396 g/mol. The Morgan fingerprint density at radius 3 is 2.81 bits per heavy atom. The zero-order valence-electron chi connectivity index (χ0n) is 17.1. The van der Waals surface area contributed by atoms with Crippen molar-refractivity contribution in [2.24, 2.45) is 0 Å². The SMILES string of the molecule is O=C1CC[C@@H](CN(Cc2cccnc2)C(=O)CCCc2nc(-c3ccncc3)no2)N1. The van der Waals surface area contributed by atoms with Crippen molar-refractivity contribution in [1.29, 1.82) is 0 Å². The minimum absolute atomic E-state index is 0.00742. The molecule has 1 aliphatic rings. The van der Waals surface area contributed by atoms with Crippen molar-refractivity contribution < 1.29 is 14.1 Å². The standard InChI is InChI=1S/C22H24N6O3/c29-19-7-6-18(25-19)15-28(14-16-3-2-10-24-13-16)21(30)5-1-4-20-26-22(27-31-20)17-8-11-23-12-9-17/h2-3,8-13,18H,1,4-7,14-15H2,(H,25,29)/t18-/m0/s1. The van der Waals surface area contributed by atoms with E-state index in [0.29, 0.717) is 50.5 Å². The van der Waals surface area contributed by atoms with Crippen LogP contribution in [0.1, 0.15) is 37.1 Å². The Kier molecular flexibility index (Phi) is 6.61. The van der Waals surface area contributed by atoms with E-state index in [1.807, 2.05) is 24.3 Å². The molecule has 1 N–H and O–H groups in total. The number of rotatable bonds is 9. The van der Waals surface area contributed by atoms with Crippen LogP contribution in [0.15, 0.2) is 53.6 Å². The van der Waals surface area contributed by atoms with Crippen molar-refractivity contribution in [2.75, 3.05) is 6.54 Å². The van der Waals surface area contributed by atoms with E-state index in [1.165, 1.54) is 0 Å². The number of aryl methyl sites for hydroxylation is 1. The molecule has 160 valence electrons. The van der Waals surface area contributed by atoms with Crippen LogP contribution in [0, 0.1) is 0 Å². The van der Waals surface area contributed by atoms with Crippen LogP contribution in [0.2, 0.25) is 0 Å². The van der Waals surface area contributed by atoms with Crippen LogP contribution in [0.5, 0.6) is 0 Å². The fraction of sp³-hybridized carbons (Fsp3) is 0.364. The minimum atomic E-state index is -0.00742. The molecule has 3 aromatic rings. The molecule has 9 nitrogen and oxygen atoms in total. The molecule has 3 aromatic heterocycles. The van der Waals surface area contributed by atoms with Crippen LogP contribution in [0.3, 0.4) is 0 Å². The van der Waals surface area contributed by atoms with Crippen molar-refractivity contribution in [1.82, 2.24) is 30.3 Å². The Balaban J connectivity index is 1.33. The molecule has 4 rings (SSSR count). The van der Waals surface area contributed by atoms with Crippen molar-refractivity contribution >= 4 is 11.8 Å². The summed E-state index contributed by atoms with van der Waals surface area (Å²) in [5.74, 6) is 1.08. The third-order valence-electron chi connectivity index (χ3n) is 5.16. The number of carbonyl (C=O) groups excluding carboxylic acids is 2. The van der Waals surface area contributed by atoms with Gasteiger partial charge in [-0.1, -0.05) is 11.2 Å². The third-order valence-corrected chi connectivity index (χ3v) is 5.16. The molecule has 1 fully saturated rings. The van der Waals surface area contributed by atoms with Crippen LogP contribution >= 0.6 is 0 Å². The maximum absolute atomic E-state index is 13.0. The number of hydrogen-bond donors (Lipinski definition) is 1. The molecule has 1 atom stereocenters. The summed E-state index contributed by atoms with van der Waals surface area (Å²) in [7, 11) is 0. The maximum atomic E-state index is 13.0. The summed E-state index contributed by atoms with van der Waals surface area (Å²) < 4.78 is 5.31. The second kappa shape index (κ2) is 9.92. The van der Waals surface area contributed by atoms with Gasteiger partial charge in [0.25, 0.3) is 0 Å². The third kappa shape index (κ3) is 5.71. The Morgan fingerprint density at radius 2 is 2.06 bits per heavy atom. The topological polar surface area (TPSA) is 114 Å². The number of aromatic nitrogens is 4. The summed E-state index contributed by atoms with van der Waals surface area (Å²) >= 11 is 0. The molecule has 0 saturated carbocycles. The summed E-state index contributed by atoms with van der Waals surface area (Å²) in [4.78, 5) is 38.8. The molecule has 4 heterocycles. The second-order valence-corrected chi connectivity index (χ2v) is 7.54. The van der Waals surface area contributed by atoms with Gasteiger partial charge < -0.3 is 14.7 Å². The predicted molar refractivity (Wildman–Crippen MR) is 111 cm³/mol. The van der Waals surface area contributed by atoms with E-state index in [9.17, 15) is 9.59 Å². The number of carbonyl (C=O) groups is 2. The van der Waals surface area contributed by atoms with Gasteiger partial charge in [-0.25, -0.2) is 0 Å². The lowest BCUT2D eigenvalue weighted by Gasteiger charge is -2.26. The minimum Gasteiger partial charge on any atom is -0.352 e. The van der Waals surface area contributed by atoms with E-state index < -0.39 is 0 Å². The predicted octanol–water partition coefficient (Wildman–Crippen LogP) is 2.16. The monoisotopic (exact) mass is 420 g/mol. The van der Waals surface area contributed by atoms with Gasteiger partial charge in [0.1, 0.15) is 0 Å². The summed E-state index contributed by atoms with van der Waals surface area (Å²) in [5.41, 5.74) is 1.79. The van der Waals surface area contributed by atoms with Crippen LogP contribution in [-0.4, -0.2) is 49.4 Å². The number of pyridine rings is 2. The Hall–Kier alpha value is -3.62. The van der Waals surface area contributed by atoms with Gasteiger partial charge in [-0.2, -0.15) is 4.98 Å². The lowest BCUT2D eigenvalue weighted by Crippen LogP contribution is -2.41. The molecule has 9 heteroatoms. The zero-order chi connectivity index (χ0) is 21.5. The molecule has 1 saturated heterocycles. The first-order valence-corrected chi connectivity index (χ1v) is 10.4. The summed E-state index contributed by atoms with van der Waals surface area (Å²) in [6.07, 6.45) is 9.54. The molecule has 0 radical (unpaired) electrons. The fourth-order valence-corrected chi connectivity index (χ4v) is 3.57. The van der Waals surface area contributed by atoms with Crippen molar-refractivity contribution in [3.63, 3.8) is 0 Å². The van der Waals surface area contributed by atoms with Crippen molar-refractivity contribution in [2.45, 2.75) is 44.7 Å². The van der Waals surface area contributed by atoms with Gasteiger partial charge in [0.05, 0.1) is 0 Å². The fourth-order valence-electron chi connectivity index (χ4n) is 3.57. The molecule has 1 aliphatic heterocycles. The van der Waals surface area contributed by atoms with Gasteiger partial charge in [-0.05, 0) is 36.6 Å². The molecule has 0 aromatic carbocycles. The van der Waals surface area contributed by atoms with E-state index in [2.05, 4.69) is 25.4 Å². The highest BCUT2D eigenvalue weighted by Crippen LogP contribution is 2.16. The van der Waals surface area contributed by atoms with Crippen LogP contribution in [-0.2, 0) is 22.6 Å². The molecule has 2 amide bonds. The summed E-state index contributed by atoms with van der Waals surface area (Å²) in [6.45, 7) is 0.956. The zero-order valence-corrected chi connectivity index (χ0v) is 17.1. The average Bonchev–Trinajstić information content (AvgIpc) is 3.43. The van der Waals surface area contributed by atoms with Gasteiger partial charge in [0.2, 0.25) is 23.5 Å². The van der Waals surface area contributed by atoms with Crippen LogP contribution < -0.4 is 5.32 Å². The largest absolute Gasteiger partial charge is 0.352 e. The molecule has 0 aliphatic carbocycles. The molecule has 31 heavy (non-hydrogen) atoms. The van der Waals surface area contributed by atoms with E-state index >= 15 is 0 Å². The highest BCUT2D eigenvalue weighted by atomic mass is 16.5. The summed E-state index contributed by atoms with van der Waals surface area (Å²) in [5, 5.41) is 6.93. The number of amides is 2. The highest BCUT2D eigenvalue weighted by molar-refractivity contribution is 5.79. The first-order chi connectivity index (χ1) is 15.2. The van der Waals surface area contributed by atoms with Crippen molar-refractivity contribution in [3.8, 4) is 11.4 Å². The van der Waals surface area contributed by atoms with Gasteiger partial charge in [-0.3, -0.25) is 19.6 Å². The van der Waals surface area contributed by atoms with Crippen LogP contribution in [0.25, 0.3) is 11.4 Å². The summed E-state index contributed by atoms with van der Waals surface area (Å²) in [6, 6.07) is 7.42. The lowest BCUT2D eigenvalue weighted by atomic mass is 10.1. The van der Waals surface area contributed by atoms with Gasteiger partial charge >= 0.3 is 0 Å². The van der Waals surface area contributed by atoms with E-state index in [1.54, 1.807) is 29.7 Å². The van der Waals surface area contributed by atoms with Gasteiger partial charge in [0.15, 0.2) is 0 Å². The Labute approximate surface area is 179 Å². The molecular formula is C22H24N6O3. The average molecular weight is 420 g/mol. The number of nitrogens with one attached hydrogen (secondary N) is 1. The smallest absolute Gasteiger partial charge is 0.226 e. The first-order valence-electron chi connectivity index (χ1n) is 10.4. The van der Waals surface area contributed by atoms with E-state index in [-0.39, 0.29) is 17.9 Å². The number of nitrogens with zero attached hydrogens (tertiary/aromatic N) is 5. The first kappa shape index (κ1) is 20.6. The second-order valence-electron chi connectivity index (χ2n) is 7.54. The normalized spacial score (nSPS) is 15.6. The molecule has 0 bridgehead atoms. The van der Waals surface area contributed by atoms with Gasteiger partial charge in [0, 0.05) is 68.7 Å². The lowest BCUT2D eigenvalue weighted by molar-refractivity contribution is -0.132. The Bertz CT molecular complexity index is 1010. The van der Waals surface area contributed by atoms with E-state index in [0.717, 1.165) is 17.5 Å². The van der Waals surface area contributed by atoms with Crippen LogP contribution in [0.4, 0.5) is 0 Å². The number of hydrogen-bond acceptors (Lipinski definition) is 7. The highest BCUT2D eigenvalue weighted by Gasteiger charge is 2.25. The molecule has 0 spiro atoms. The molecule has 0 unspecified atom stereocenters. The maximum Gasteiger partial charge on any atom is 0.226 e. The quantitative estimate of drug-likeness (QED) is 0.564.